The van der Waals surface area contributed by atoms with Gasteiger partial charge < -0.3 is 10.1 Å². The van der Waals surface area contributed by atoms with E-state index < -0.39 is 5.97 Å². The Labute approximate surface area is 70.4 Å². The van der Waals surface area contributed by atoms with E-state index in [1.165, 1.54) is 5.56 Å². The molecule has 1 aliphatic carbocycles. The summed E-state index contributed by atoms with van der Waals surface area (Å²) in [6.07, 6.45) is 6.50. The number of rotatable bonds is 1. The highest BCUT2D eigenvalue weighted by Crippen LogP contribution is 2.31. The monoisotopic (exact) mass is 165 g/mol. The van der Waals surface area contributed by atoms with Crippen molar-refractivity contribution < 1.29 is 9.90 Å². The average Bonchev–Trinajstić information content (AvgIpc) is 2.49. The van der Waals surface area contributed by atoms with Crippen molar-refractivity contribution in [1.82, 2.24) is 4.98 Å². The predicted octanol–water partition coefficient (Wildman–Crippen LogP) is 1.52. The van der Waals surface area contributed by atoms with Crippen LogP contribution < -0.4 is 0 Å². The Kier molecular flexibility index (Phi) is 1.64. The molecular weight excluding hydrogens is 154 g/mol. The summed E-state index contributed by atoms with van der Waals surface area (Å²) in [6, 6.07) is 0. The normalized spacial score (nSPS) is 21.8. The quantitative estimate of drug-likeness (QED) is 0.662. The SMILES string of the molecule is O=C(O)C1CCCc2c[nH]cc21. The fourth-order valence-electron chi connectivity index (χ4n) is 1.86. The van der Waals surface area contributed by atoms with Crippen LogP contribution in [0.15, 0.2) is 12.4 Å². The van der Waals surface area contributed by atoms with E-state index in [1.54, 1.807) is 0 Å². The lowest BCUT2D eigenvalue weighted by Gasteiger charge is -2.17. The Morgan fingerprint density at radius 2 is 2.42 bits per heavy atom. The molecule has 0 spiro atoms. The first kappa shape index (κ1) is 7.40. The largest absolute Gasteiger partial charge is 0.481 e. The first-order chi connectivity index (χ1) is 5.79. The van der Waals surface area contributed by atoms with Gasteiger partial charge in [0.25, 0.3) is 0 Å². The molecule has 1 aromatic rings. The molecule has 3 heteroatoms. The molecule has 12 heavy (non-hydrogen) atoms. The van der Waals surface area contributed by atoms with Crippen LogP contribution in [0.3, 0.4) is 0 Å². The van der Waals surface area contributed by atoms with Gasteiger partial charge in [0.15, 0.2) is 0 Å². The number of H-pyrrole nitrogens is 1. The molecule has 0 saturated heterocycles. The van der Waals surface area contributed by atoms with Crippen molar-refractivity contribution in [3.8, 4) is 0 Å². The zero-order chi connectivity index (χ0) is 8.55. The molecule has 1 aromatic heterocycles. The molecule has 0 radical (unpaired) electrons. The third-order valence-corrected chi connectivity index (χ3v) is 2.48. The second kappa shape index (κ2) is 2.66. The molecular formula is C9H11NO2. The third-order valence-electron chi connectivity index (χ3n) is 2.48. The number of fused-ring (bicyclic) bond motifs is 1. The van der Waals surface area contributed by atoms with Crippen LogP contribution in [0.1, 0.15) is 29.9 Å². The number of aryl methyl sites for hydroxylation is 1. The van der Waals surface area contributed by atoms with Gasteiger partial charge in [-0.3, -0.25) is 4.79 Å². The summed E-state index contributed by atoms with van der Waals surface area (Å²) >= 11 is 0. The highest BCUT2D eigenvalue weighted by Gasteiger charge is 2.26. The minimum Gasteiger partial charge on any atom is -0.481 e. The number of nitrogens with one attached hydrogen (secondary N) is 1. The zero-order valence-electron chi connectivity index (χ0n) is 6.71. The molecule has 1 heterocycles. The van der Waals surface area contributed by atoms with E-state index in [4.69, 9.17) is 5.11 Å². The lowest BCUT2D eigenvalue weighted by molar-refractivity contribution is -0.139. The summed E-state index contributed by atoms with van der Waals surface area (Å²) in [5.74, 6) is -0.976. The number of aliphatic carboxylic acids is 1. The molecule has 64 valence electrons. The Balaban J connectivity index is 2.37. The molecule has 0 aromatic carbocycles. The molecule has 0 aliphatic heterocycles. The van der Waals surface area contributed by atoms with Gasteiger partial charge in [0.2, 0.25) is 0 Å². The van der Waals surface area contributed by atoms with Crippen LogP contribution in [0.25, 0.3) is 0 Å². The molecule has 1 atom stereocenters. The average molecular weight is 165 g/mol. The second-order valence-electron chi connectivity index (χ2n) is 3.22. The number of aromatic amines is 1. The maximum absolute atomic E-state index is 10.8. The number of aromatic nitrogens is 1. The van der Waals surface area contributed by atoms with Crippen LogP contribution in [0.5, 0.6) is 0 Å². The molecule has 0 saturated carbocycles. The first-order valence-corrected chi connectivity index (χ1v) is 4.17. The van der Waals surface area contributed by atoms with Gasteiger partial charge in [-0.1, -0.05) is 0 Å². The van der Waals surface area contributed by atoms with Gasteiger partial charge in [-0.25, -0.2) is 0 Å². The van der Waals surface area contributed by atoms with E-state index in [9.17, 15) is 4.79 Å². The number of carboxylic acids is 1. The van der Waals surface area contributed by atoms with Crippen LogP contribution in [-0.4, -0.2) is 16.1 Å². The van der Waals surface area contributed by atoms with Crippen molar-refractivity contribution in [2.75, 3.05) is 0 Å². The van der Waals surface area contributed by atoms with E-state index in [-0.39, 0.29) is 5.92 Å². The van der Waals surface area contributed by atoms with Crippen LogP contribution in [-0.2, 0) is 11.2 Å². The Hall–Kier alpha value is -1.25. The maximum Gasteiger partial charge on any atom is 0.311 e. The Morgan fingerprint density at radius 3 is 3.17 bits per heavy atom. The summed E-state index contributed by atoms with van der Waals surface area (Å²) in [5.41, 5.74) is 2.16. The third kappa shape index (κ3) is 1.02. The van der Waals surface area contributed by atoms with Crippen molar-refractivity contribution in [3.63, 3.8) is 0 Å². The van der Waals surface area contributed by atoms with Gasteiger partial charge in [-0.05, 0) is 30.4 Å². The summed E-state index contributed by atoms with van der Waals surface area (Å²) < 4.78 is 0. The van der Waals surface area contributed by atoms with E-state index in [0.717, 1.165) is 24.8 Å². The number of hydrogen-bond acceptors (Lipinski definition) is 1. The van der Waals surface area contributed by atoms with Gasteiger partial charge in [0, 0.05) is 12.4 Å². The maximum atomic E-state index is 10.8. The molecule has 3 nitrogen and oxygen atoms in total. The Morgan fingerprint density at radius 1 is 1.58 bits per heavy atom. The van der Waals surface area contributed by atoms with Crippen LogP contribution in [0.4, 0.5) is 0 Å². The van der Waals surface area contributed by atoms with E-state index in [1.807, 2.05) is 12.4 Å². The summed E-state index contributed by atoms with van der Waals surface area (Å²) in [7, 11) is 0. The first-order valence-electron chi connectivity index (χ1n) is 4.17. The smallest absolute Gasteiger partial charge is 0.311 e. The van der Waals surface area contributed by atoms with Gasteiger partial charge in [-0.2, -0.15) is 0 Å². The van der Waals surface area contributed by atoms with Gasteiger partial charge in [0.1, 0.15) is 0 Å². The lowest BCUT2D eigenvalue weighted by Crippen LogP contribution is -2.16. The van der Waals surface area contributed by atoms with E-state index in [2.05, 4.69) is 4.98 Å². The van der Waals surface area contributed by atoms with Gasteiger partial charge >= 0.3 is 5.97 Å². The van der Waals surface area contributed by atoms with Crippen molar-refractivity contribution >= 4 is 5.97 Å². The molecule has 2 rings (SSSR count). The molecule has 0 amide bonds. The molecule has 1 aliphatic rings. The Bertz CT molecular complexity index is 303. The highest BCUT2D eigenvalue weighted by atomic mass is 16.4. The number of hydrogen-bond donors (Lipinski definition) is 2. The van der Waals surface area contributed by atoms with Crippen molar-refractivity contribution in [3.05, 3.63) is 23.5 Å². The predicted molar refractivity (Wildman–Crippen MR) is 44.1 cm³/mol. The zero-order valence-corrected chi connectivity index (χ0v) is 6.71. The van der Waals surface area contributed by atoms with Crippen molar-refractivity contribution in [2.24, 2.45) is 0 Å². The highest BCUT2D eigenvalue weighted by molar-refractivity contribution is 5.76. The van der Waals surface area contributed by atoms with Gasteiger partial charge in [-0.15, -0.1) is 0 Å². The number of carboxylic acid groups (broad SMARTS) is 1. The molecule has 0 bridgehead atoms. The molecule has 1 unspecified atom stereocenters. The lowest BCUT2D eigenvalue weighted by atomic mass is 9.86. The summed E-state index contributed by atoms with van der Waals surface area (Å²) in [4.78, 5) is 13.8. The fraction of sp³-hybridized carbons (Fsp3) is 0.444. The minimum atomic E-state index is -0.699. The van der Waals surface area contributed by atoms with E-state index >= 15 is 0 Å². The van der Waals surface area contributed by atoms with Gasteiger partial charge in [0.05, 0.1) is 5.92 Å². The van der Waals surface area contributed by atoms with Crippen LogP contribution >= 0.6 is 0 Å². The molecule has 0 fully saturated rings. The summed E-state index contributed by atoms with van der Waals surface area (Å²) in [6.45, 7) is 0. The van der Waals surface area contributed by atoms with E-state index in [0.29, 0.717) is 0 Å². The fourth-order valence-corrected chi connectivity index (χ4v) is 1.86. The minimum absolute atomic E-state index is 0.278. The van der Waals surface area contributed by atoms with Crippen LogP contribution in [0.2, 0.25) is 0 Å². The second-order valence-corrected chi connectivity index (χ2v) is 3.22. The summed E-state index contributed by atoms with van der Waals surface area (Å²) in [5, 5.41) is 8.89. The number of carbonyl (C=O) groups is 1. The van der Waals surface area contributed by atoms with Crippen molar-refractivity contribution in [2.45, 2.75) is 25.2 Å². The van der Waals surface area contributed by atoms with Crippen molar-refractivity contribution in [1.29, 1.82) is 0 Å². The standard InChI is InChI=1S/C9H11NO2/c11-9(12)7-3-1-2-6-4-10-5-8(6)7/h4-5,7,10H,1-3H2,(H,11,12). The topological polar surface area (TPSA) is 53.1 Å². The van der Waals surface area contributed by atoms with Crippen LogP contribution in [0, 0.1) is 0 Å². The molecule has 2 N–H and O–H groups in total.